The molecule has 0 bridgehead atoms. The zero-order valence-electron chi connectivity index (χ0n) is 11.5. The van der Waals surface area contributed by atoms with Gasteiger partial charge in [-0.15, -0.1) is 0 Å². The number of nitrogens with one attached hydrogen (secondary N) is 1. The van der Waals surface area contributed by atoms with Crippen molar-refractivity contribution in [1.29, 1.82) is 0 Å². The van der Waals surface area contributed by atoms with Crippen molar-refractivity contribution in [3.8, 4) is 11.5 Å². The fourth-order valence-electron chi connectivity index (χ4n) is 1.75. The molecule has 4 nitrogen and oxygen atoms in total. The molecule has 1 N–H and O–H groups in total. The van der Waals surface area contributed by atoms with E-state index in [1.165, 1.54) is 48.5 Å². The molecule has 0 spiro atoms. The largest absolute Gasteiger partial charge is 0.435 e. The Morgan fingerprint density at radius 1 is 0.870 bits per heavy atom. The van der Waals surface area contributed by atoms with Crippen molar-refractivity contribution in [2.75, 3.05) is 5.32 Å². The van der Waals surface area contributed by atoms with E-state index >= 15 is 0 Å². The Morgan fingerprint density at radius 2 is 1.48 bits per heavy atom. The molecule has 0 atom stereocenters. The van der Waals surface area contributed by atoms with E-state index in [1.807, 2.05) is 0 Å². The van der Waals surface area contributed by atoms with Crippen LogP contribution in [0.2, 0.25) is 0 Å². The van der Waals surface area contributed by atoms with Gasteiger partial charge in [-0.1, -0.05) is 12.1 Å². The molecule has 122 valence electrons. The Balaban J connectivity index is 2.10. The summed E-state index contributed by atoms with van der Waals surface area (Å²) in [4.78, 5) is 12.0. The third kappa shape index (κ3) is 4.87. The number of anilines is 1. The minimum atomic E-state index is -3.03. The Hall–Kier alpha value is -2.77. The van der Waals surface area contributed by atoms with Gasteiger partial charge in [-0.2, -0.15) is 17.6 Å². The molecule has 2 aromatic rings. The predicted octanol–water partition coefficient (Wildman–Crippen LogP) is 4.14. The smallest absolute Gasteiger partial charge is 0.387 e. The van der Waals surface area contributed by atoms with Crippen molar-refractivity contribution in [2.24, 2.45) is 0 Å². The summed E-state index contributed by atoms with van der Waals surface area (Å²) in [5.41, 5.74) is 0.198. The third-order valence-electron chi connectivity index (χ3n) is 2.69. The van der Waals surface area contributed by atoms with E-state index in [2.05, 4.69) is 14.8 Å². The highest BCUT2D eigenvalue weighted by Gasteiger charge is 2.13. The maximum Gasteiger partial charge on any atom is 0.387 e. The summed E-state index contributed by atoms with van der Waals surface area (Å²) >= 11 is 0. The fourth-order valence-corrected chi connectivity index (χ4v) is 1.75. The summed E-state index contributed by atoms with van der Waals surface area (Å²) in [6.07, 6.45) is 0. The van der Waals surface area contributed by atoms with Crippen LogP contribution < -0.4 is 14.8 Å². The van der Waals surface area contributed by atoms with Gasteiger partial charge < -0.3 is 14.8 Å². The van der Waals surface area contributed by atoms with Crippen molar-refractivity contribution < 1.29 is 31.8 Å². The molecule has 0 fully saturated rings. The van der Waals surface area contributed by atoms with Crippen LogP contribution in [-0.4, -0.2) is 19.1 Å². The number of rotatable bonds is 6. The van der Waals surface area contributed by atoms with Crippen LogP contribution in [0.5, 0.6) is 11.5 Å². The monoisotopic (exact) mass is 329 g/mol. The lowest BCUT2D eigenvalue weighted by Gasteiger charge is -2.12. The number of para-hydroxylation sites is 2. The summed E-state index contributed by atoms with van der Waals surface area (Å²) in [5, 5.41) is 2.41. The van der Waals surface area contributed by atoms with Crippen molar-refractivity contribution in [3.05, 3.63) is 54.1 Å². The number of carbonyl (C=O) groups excluding carboxylic acids is 1. The minimum Gasteiger partial charge on any atom is -0.435 e. The molecule has 0 aliphatic rings. The van der Waals surface area contributed by atoms with E-state index in [9.17, 15) is 22.4 Å². The average Bonchev–Trinajstić information content (AvgIpc) is 2.49. The summed E-state index contributed by atoms with van der Waals surface area (Å²) in [6, 6.07) is 10.6. The molecule has 1 amide bonds. The number of hydrogen-bond acceptors (Lipinski definition) is 3. The first kappa shape index (κ1) is 16.6. The molecule has 0 radical (unpaired) electrons. The number of halogens is 4. The number of alkyl halides is 4. The molecular formula is C15H11F4NO3. The van der Waals surface area contributed by atoms with Crippen LogP contribution in [0.1, 0.15) is 10.4 Å². The molecular weight excluding hydrogens is 318 g/mol. The van der Waals surface area contributed by atoms with Gasteiger partial charge in [-0.3, -0.25) is 4.79 Å². The first-order chi connectivity index (χ1) is 11.0. The molecule has 2 rings (SSSR count). The topological polar surface area (TPSA) is 47.6 Å². The molecule has 0 saturated carbocycles. The zero-order chi connectivity index (χ0) is 16.8. The highest BCUT2D eigenvalue weighted by atomic mass is 19.3. The van der Waals surface area contributed by atoms with Gasteiger partial charge >= 0.3 is 13.2 Å². The lowest BCUT2D eigenvalue weighted by atomic mass is 10.2. The van der Waals surface area contributed by atoms with Gasteiger partial charge in [-0.25, -0.2) is 0 Å². The van der Waals surface area contributed by atoms with Gasteiger partial charge in [0.05, 0.1) is 5.69 Å². The van der Waals surface area contributed by atoms with Gasteiger partial charge in [0, 0.05) is 5.56 Å². The van der Waals surface area contributed by atoms with Crippen LogP contribution in [0.3, 0.4) is 0 Å². The molecule has 0 heterocycles. The summed E-state index contributed by atoms with van der Waals surface area (Å²) < 4.78 is 57.1. The lowest BCUT2D eigenvalue weighted by molar-refractivity contribution is -0.0503. The molecule has 0 aliphatic carbocycles. The van der Waals surface area contributed by atoms with Gasteiger partial charge in [0.2, 0.25) is 0 Å². The maximum absolute atomic E-state index is 12.3. The molecule has 23 heavy (non-hydrogen) atoms. The summed E-state index contributed by atoms with van der Waals surface area (Å²) in [6.45, 7) is -5.99. The van der Waals surface area contributed by atoms with Crippen molar-refractivity contribution in [3.63, 3.8) is 0 Å². The van der Waals surface area contributed by atoms with Gasteiger partial charge in [0.1, 0.15) is 11.5 Å². The van der Waals surface area contributed by atoms with E-state index in [0.717, 1.165) is 0 Å². The van der Waals surface area contributed by atoms with Crippen LogP contribution >= 0.6 is 0 Å². The molecule has 0 unspecified atom stereocenters. The molecule has 0 aliphatic heterocycles. The zero-order valence-corrected chi connectivity index (χ0v) is 11.5. The van der Waals surface area contributed by atoms with Crippen LogP contribution in [0.4, 0.5) is 23.2 Å². The molecule has 8 heteroatoms. The number of ether oxygens (including phenoxy) is 2. The van der Waals surface area contributed by atoms with Gasteiger partial charge in [0.15, 0.2) is 0 Å². The maximum atomic E-state index is 12.3. The summed E-state index contributed by atoms with van der Waals surface area (Å²) in [5.74, 6) is -0.898. The average molecular weight is 329 g/mol. The number of hydrogen-bond donors (Lipinski definition) is 1. The van der Waals surface area contributed by atoms with E-state index < -0.39 is 19.1 Å². The highest BCUT2D eigenvalue weighted by Crippen LogP contribution is 2.26. The second kappa shape index (κ2) is 7.48. The number of amides is 1. The van der Waals surface area contributed by atoms with E-state index in [4.69, 9.17) is 0 Å². The fraction of sp³-hybridized carbons (Fsp3) is 0.133. The molecule has 0 aromatic heterocycles. The lowest BCUT2D eigenvalue weighted by Crippen LogP contribution is -2.14. The van der Waals surface area contributed by atoms with Crippen LogP contribution in [0.25, 0.3) is 0 Å². The van der Waals surface area contributed by atoms with E-state index in [0.29, 0.717) is 0 Å². The van der Waals surface area contributed by atoms with Crippen LogP contribution in [0, 0.1) is 0 Å². The number of carbonyl (C=O) groups is 1. The first-order valence-electron chi connectivity index (χ1n) is 6.36. The van der Waals surface area contributed by atoms with Crippen molar-refractivity contribution >= 4 is 11.6 Å². The second-order valence-corrected chi connectivity index (χ2v) is 4.23. The predicted molar refractivity (Wildman–Crippen MR) is 74.1 cm³/mol. The highest BCUT2D eigenvalue weighted by molar-refractivity contribution is 6.05. The standard InChI is InChI=1S/C15H11F4NO3/c16-14(17)22-10-7-5-9(6-8-10)13(21)20-11-3-1-2-4-12(11)23-15(18)19/h1-8,14-15H,(H,20,21). The SMILES string of the molecule is O=C(Nc1ccccc1OC(F)F)c1ccc(OC(F)F)cc1. The van der Waals surface area contributed by atoms with Crippen molar-refractivity contribution in [1.82, 2.24) is 0 Å². The van der Waals surface area contributed by atoms with Crippen LogP contribution in [-0.2, 0) is 0 Å². The Labute approximate surface area is 128 Å². The summed E-state index contributed by atoms with van der Waals surface area (Å²) in [7, 11) is 0. The molecule has 0 saturated heterocycles. The van der Waals surface area contributed by atoms with Crippen LogP contribution in [0.15, 0.2) is 48.5 Å². The van der Waals surface area contributed by atoms with Gasteiger partial charge in [-0.05, 0) is 36.4 Å². The van der Waals surface area contributed by atoms with E-state index in [-0.39, 0.29) is 22.7 Å². The van der Waals surface area contributed by atoms with E-state index in [1.54, 1.807) is 0 Å². The Kier molecular flexibility index (Phi) is 5.40. The Morgan fingerprint density at radius 3 is 2.09 bits per heavy atom. The molecule has 2 aromatic carbocycles. The third-order valence-corrected chi connectivity index (χ3v) is 2.69. The normalized spacial score (nSPS) is 10.7. The second-order valence-electron chi connectivity index (χ2n) is 4.23. The van der Waals surface area contributed by atoms with Crippen molar-refractivity contribution in [2.45, 2.75) is 13.2 Å². The first-order valence-corrected chi connectivity index (χ1v) is 6.36. The Bertz CT molecular complexity index is 662. The minimum absolute atomic E-state index is 0.0608. The number of benzene rings is 2. The van der Waals surface area contributed by atoms with Gasteiger partial charge in [0.25, 0.3) is 5.91 Å². The quantitative estimate of drug-likeness (QED) is 0.810.